The van der Waals surface area contributed by atoms with E-state index >= 15 is 0 Å². The molecule has 0 aromatic carbocycles. The molecule has 1 aliphatic heterocycles. The Morgan fingerprint density at radius 1 is 1.00 bits per heavy atom. The molecule has 0 spiro atoms. The van der Waals surface area contributed by atoms with Crippen molar-refractivity contribution in [1.29, 1.82) is 0 Å². The van der Waals surface area contributed by atoms with Crippen molar-refractivity contribution in [3.05, 3.63) is 0 Å². The summed E-state index contributed by atoms with van der Waals surface area (Å²) in [7, 11) is 0. The summed E-state index contributed by atoms with van der Waals surface area (Å²) in [5.74, 6) is 0. The van der Waals surface area contributed by atoms with Gasteiger partial charge in [-0.3, -0.25) is 0 Å². The number of ether oxygens (including phenoxy) is 1. The van der Waals surface area contributed by atoms with E-state index in [4.69, 9.17) is 4.74 Å². The van der Waals surface area contributed by atoms with Gasteiger partial charge in [0.15, 0.2) is 0 Å². The van der Waals surface area contributed by atoms with E-state index in [1.54, 1.807) is 0 Å². The second kappa shape index (κ2) is 5.10. The van der Waals surface area contributed by atoms with Crippen molar-refractivity contribution in [1.82, 2.24) is 5.32 Å². The van der Waals surface area contributed by atoms with Crippen molar-refractivity contribution in [3.63, 3.8) is 0 Å². The first-order chi connectivity index (χ1) is 6.86. The lowest BCUT2D eigenvalue weighted by atomic mass is 9.94. The number of hydrogen-bond acceptors (Lipinski definition) is 3. The number of rotatable bonds is 2. The van der Waals surface area contributed by atoms with Crippen LogP contribution in [0.2, 0.25) is 0 Å². The van der Waals surface area contributed by atoms with Gasteiger partial charge >= 0.3 is 0 Å². The Bertz CT molecular complexity index is 169. The van der Waals surface area contributed by atoms with E-state index in [9.17, 15) is 5.11 Å². The summed E-state index contributed by atoms with van der Waals surface area (Å²) in [6.45, 7) is 2.13. The fourth-order valence-corrected chi connectivity index (χ4v) is 2.41. The first kappa shape index (κ1) is 10.4. The molecule has 2 fully saturated rings. The van der Waals surface area contributed by atoms with Gasteiger partial charge in [-0.1, -0.05) is 12.8 Å². The summed E-state index contributed by atoms with van der Waals surface area (Å²) in [6, 6.07) is 0. The van der Waals surface area contributed by atoms with Crippen molar-refractivity contribution in [3.8, 4) is 0 Å². The molecule has 2 N–H and O–H groups in total. The molecule has 0 amide bonds. The van der Waals surface area contributed by atoms with Crippen LogP contribution >= 0.6 is 0 Å². The van der Waals surface area contributed by atoms with Gasteiger partial charge in [0, 0.05) is 0 Å². The van der Waals surface area contributed by atoms with Gasteiger partial charge in [0.1, 0.15) is 0 Å². The minimum absolute atomic E-state index is 0.117. The van der Waals surface area contributed by atoms with E-state index in [-0.39, 0.29) is 12.2 Å². The van der Waals surface area contributed by atoms with Gasteiger partial charge in [-0.25, -0.2) is 0 Å². The van der Waals surface area contributed by atoms with Gasteiger partial charge in [0.05, 0.1) is 18.3 Å². The topological polar surface area (TPSA) is 41.5 Å². The lowest BCUT2D eigenvalue weighted by Gasteiger charge is -2.33. The number of nitrogens with one attached hydrogen (secondary N) is 1. The maximum atomic E-state index is 9.76. The Balaban J connectivity index is 1.76. The van der Waals surface area contributed by atoms with Crippen LogP contribution in [0.15, 0.2) is 0 Å². The van der Waals surface area contributed by atoms with Gasteiger partial charge in [-0.2, -0.15) is 0 Å². The monoisotopic (exact) mass is 199 g/mol. The lowest BCUT2D eigenvalue weighted by molar-refractivity contribution is -0.101. The second-order valence-electron chi connectivity index (χ2n) is 4.48. The molecule has 0 bridgehead atoms. The van der Waals surface area contributed by atoms with Gasteiger partial charge in [-0.05, 0) is 38.8 Å². The molecule has 0 aromatic heterocycles. The zero-order valence-corrected chi connectivity index (χ0v) is 8.74. The molecule has 2 rings (SSSR count). The fourth-order valence-electron chi connectivity index (χ4n) is 2.41. The van der Waals surface area contributed by atoms with E-state index in [0.717, 1.165) is 45.2 Å². The Hall–Kier alpha value is -0.120. The quantitative estimate of drug-likeness (QED) is 0.698. The predicted octanol–water partition coefficient (Wildman–Crippen LogP) is 1.06. The first-order valence-electron chi connectivity index (χ1n) is 5.90. The van der Waals surface area contributed by atoms with Crippen LogP contribution in [0, 0.1) is 0 Å². The van der Waals surface area contributed by atoms with Crippen LogP contribution in [0.1, 0.15) is 38.5 Å². The largest absolute Gasteiger partial charge is 0.390 e. The van der Waals surface area contributed by atoms with Crippen LogP contribution in [0.3, 0.4) is 0 Å². The summed E-state index contributed by atoms with van der Waals surface area (Å²) < 4.78 is 5.95. The molecule has 14 heavy (non-hydrogen) atoms. The molecule has 0 radical (unpaired) electrons. The normalized spacial score (nSPS) is 35.8. The number of piperidine rings is 1. The van der Waals surface area contributed by atoms with Gasteiger partial charge in [0.25, 0.3) is 0 Å². The molecular formula is C11H21NO2. The molecule has 2 aliphatic rings. The molecule has 1 saturated heterocycles. The molecule has 1 saturated carbocycles. The van der Waals surface area contributed by atoms with Crippen LogP contribution in [-0.4, -0.2) is 36.5 Å². The highest BCUT2D eigenvalue weighted by atomic mass is 16.5. The fraction of sp³-hybridized carbons (Fsp3) is 1.00. The molecule has 3 heteroatoms. The molecule has 1 heterocycles. The summed E-state index contributed by atoms with van der Waals surface area (Å²) >= 11 is 0. The van der Waals surface area contributed by atoms with Crippen molar-refractivity contribution >= 4 is 0 Å². The summed E-state index contributed by atoms with van der Waals surface area (Å²) in [5, 5.41) is 13.1. The Morgan fingerprint density at radius 3 is 2.43 bits per heavy atom. The van der Waals surface area contributed by atoms with Crippen molar-refractivity contribution in [2.45, 2.75) is 56.8 Å². The van der Waals surface area contributed by atoms with Crippen LogP contribution in [0.25, 0.3) is 0 Å². The van der Waals surface area contributed by atoms with E-state index < -0.39 is 0 Å². The Morgan fingerprint density at radius 2 is 1.71 bits per heavy atom. The van der Waals surface area contributed by atoms with Crippen LogP contribution in [-0.2, 0) is 4.74 Å². The zero-order valence-electron chi connectivity index (χ0n) is 8.74. The van der Waals surface area contributed by atoms with Gasteiger partial charge in [-0.15, -0.1) is 0 Å². The van der Waals surface area contributed by atoms with Crippen LogP contribution in [0.5, 0.6) is 0 Å². The summed E-state index contributed by atoms with van der Waals surface area (Å²) in [4.78, 5) is 0. The van der Waals surface area contributed by atoms with E-state index in [1.807, 2.05) is 0 Å². The molecular weight excluding hydrogens is 178 g/mol. The average molecular weight is 199 g/mol. The van der Waals surface area contributed by atoms with Crippen molar-refractivity contribution in [2.24, 2.45) is 0 Å². The lowest BCUT2D eigenvalue weighted by Crippen LogP contribution is -2.40. The molecule has 82 valence electrons. The highest BCUT2D eigenvalue weighted by Gasteiger charge is 2.27. The SMILES string of the molecule is OC1CCCCC1OC1CCNCC1. The highest BCUT2D eigenvalue weighted by molar-refractivity contribution is 4.78. The number of aliphatic hydroxyl groups is 1. The maximum absolute atomic E-state index is 9.76. The molecule has 2 unspecified atom stereocenters. The minimum atomic E-state index is -0.210. The zero-order chi connectivity index (χ0) is 9.80. The minimum Gasteiger partial charge on any atom is -0.390 e. The van der Waals surface area contributed by atoms with E-state index in [0.29, 0.717) is 6.10 Å². The molecule has 0 aromatic rings. The predicted molar refractivity (Wildman–Crippen MR) is 55.2 cm³/mol. The van der Waals surface area contributed by atoms with Gasteiger partial charge < -0.3 is 15.2 Å². The third-order valence-electron chi connectivity index (χ3n) is 3.32. The van der Waals surface area contributed by atoms with E-state index in [2.05, 4.69) is 5.32 Å². The maximum Gasteiger partial charge on any atom is 0.0837 e. The van der Waals surface area contributed by atoms with Gasteiger partial charge in [0.2, 0.25) is 0 Å². The van der Waals surface area contributed by atoms with Crippen LogP contribution in [0.4, 0.5) is 0 Å². The standard InChI is InChI=1S/C11H21NO2/c13-10-3-1-2-4-11(10)14-9-5-7-12-8-6-9/h9-13H,1-8H2. The second-order valence-corrected chi connectivity index (χ2v) is 4.48. The molecule has 1 aliphatic carbocycles. The van der Waals surface area contributed by atoms with Crippen molar-refractivity contribution in [2.75, 3.05) is 13.1 Å². The summed E-state index contributed by atoms with van der Waals surface area (Å²) in [6.07, 6.45) is 6.84. The van der Waals surface area contributed by atoms with Crippen LogP contribution < -0.4 is 5.32 Å². The highest BCUT2D eigenvalue weighted by Crippen LogP contribution is 2.24. The third kappa shape index (κ3) is 2.69. The average Bonchev–Trinajstić information content (AvgIpc) is 2.23. The third-order valence-corrected chi connectivity index (χ3v) is 3.32. The van der Waals surface area contributed by atoms with E-state index in [1.165, 1.54) is 6.42 Å². The Kier molecular flexibility index (Phi) is 3.79. The Labute approximate surface area is 85.8 Å². The summed E-state index contributed by atoms with van der Waals surface area (Å²) in [5.41, 5.74) is 0. The molecule has 3 nitrogen and oxygen atoms in total. The smallest absolute Gasteiger partial charge is 0.0837 e. The molecule has 2 atom stereocenters. The van der Waals surface area contributed by atoms with Crippen molar-refractivity contribution < 1.29 is 9.84 Å². The first-order valence-corrected chi connectivity index (χ1v) is 5.90. The number of hydrogen-bond donors (Lipinski definition) is 2. The number of aliphatic hydroxyl groups excluding tert-OH is 1.